The molecule has 0 bridgehead atoms. The number of alkyl halides is 3. The Balaban J connectivity index is 2.30. The van der Waals surface area contributed by atoms with Crippen LogP contribution in [0.1, 0.15) is 24.5 Å². The lowest BCUT2D eigenvalue weighted by molar-refractivity contribution is -0.138. The monoisotopic (exact) mass is 302 g/mol. The zero-order chi connectivity index (χ0) is 15.5. The van der Waals surface area contributed by atoms with Gasteiger partial charge < -0.3 is 15.4 Å². The van der Waals surface area contributed by atoms with Crippen LogP contribution >= 0.6 is 0 Å². The molecule has 21 heavy (non-hydrogen) atoms. The Morgan fingerprint density at radius 3 is 2.52 bits per heavy atom. The number of ether oxygens (including phenoxy) is 1. The van der Waals surface area contributed by atoms with E-state index in [0.29, 0.717) is 38.4 Å². The summed E-state index contributed by atoms with van der Waals surface area (Å²) in [6.07, 6.45) is -3.46. The molecule has 0 saturated carbocycles. The molecule has 1 aromatic rings. The maximum Gasteiger partial charge on any atom is 0.416 e. The average molecular weight is 302 g/mol. The highest BCUT2D eigenvalue weighted by Gasteiger charge is 2.34. The molecule has 0 spiro atoms. The van der Waals surface area contributed by atoms with Gasteiger partial charge in [0.15, 0.2) is 0 Å². The third kappa shape index (κ3) is 4.11. The van der Waals surface area contributed by atoms with E-state index in [2.05, 4.69) is 0 Å². The molecule has 3 nitrogen and oxygen atoms in total. The number of hydrogen-bond acceptors (Lipinski definition) is 3. The van der Waals surface area contributed by atoms with E-state index in [1.807, 2.05) is 11.8 Å². The lowest BCUT2D eigenvalue weighted by Crippen LogP contribution is -2.36. The Bertz CT molecular complexity index is 470. The van der Waals surface area contributed by atoms with Gasteiger partial charge in [0.05, 0.1) is 18.8 Å². The zero-order valence-corrected chi connectivity index (χ0v) is 12.1. The van der Waals surface area contributed by atoms with Gasteiger partial charge in [-0.25, -0.2) is 0 Å². The van der Waals surface area contributed by atoms with Gasteiger partial charge in [0.25, 0.3) is 0 Å². The Hall–Kier alpha value is -1.27. The molecule has 2 N–H and O–H groups in total. The first-order valence-electron chi connectivity index (χ1n) is 7.20. The normalized spacial score (nSPS) is 17.9. The zero-order valence-electron chi connectivity index (χ0n) is 12.1. The van der Waals surface area contributed by atoms with Gasteiger partial charge in [0.1, 0.15) is 0 Å². The summed E-state index contributed by atoms with van der Waals surface area (Å²) in [4.78, 5) is 1.92. The van der Waals surface area contributed by atoms with Crippen LogP contribution in [0.2, 0.25) is 0 Å². The largest absolute Gasteiger partial charge is 0.416 e. The number of halogens is 3. The van der Waals surface area contributed by atoms with Gasteiger partial charge in [0, 0.05) is 24.8 Å². The van der Waals surface area contributed by atoms with E-state index >= 15 is 0 Å². The lowest BCUT2D eigenvalue weighted by Gasteiger charge is -2.30. The summed E-state index contributed by atoms with van der Waals surface area (Å²) in [5, 5.41) is 0. The van der Waals surface area contributed by atoms with Crippen LogP contribution in [0.4, 0.5) is 18.9 Å². The van der Waals surface area contributed by atoms with Crippen molar-refractivity contribution in [3.05, 3.63) is 29.3 Å². The van der Waals surface area contributed by atoms with Gasteiger partial charge in [-0.3, -0.25) is 0 Å². The van der Waals surface area contributed by atoms with E-state index in [4.69, 9.17) is 10.5 Å². The van der Waals surface area contributed by atoms with Crippen molar-refractivity contribution in [3.63, 3.8) is 0 Å². The molecule has 1 fully saturated rings. The van der Waals surface area contributed by atoms with E-state index in [1.165, 1.54) is 6.07 Å². The standard InChI is InChI=1S/C15H21F3N2O/c1-2-12(19)9-11-3-4-13(10-14(11)15(16,17)18)20-5-7-21-8-6-20/h3-4,10,12H,2,5-9,19H2,1H3. The second kappa shape index (κ2) is 6.66. The van der Waals surface area contributed by atoms with Gasteiger partial charge in [-0.15, -0.1) is 0 Å². The third-order valence-corrected chi connectivity index (χ3v) is 3.78. The van der Waals surface area contributed by atoms with Crippen molar-refractivity contribution < 1.29 is 17.9 Å². The Kier molecular flexibility index (Phi) is 5.11. The molecule has 1 aliphatic rings. The molecule has 1 unspecified atom stereocenters. The van der Waals surface area contributed by atoms with Crippen LogP contribution < -0.4 is 10.6 Å². The number of hydrogen-bond donors (Lipinski definition) is 1. The number of anilines is 1. The second-order valence-corrected chi connectivity index (χ2v) is 5.31. The fourth-order valence-corrected chi connectivity index (χ4v) is 2.45. The number of nitrogens with two attached hydrogens (primary N) is 1. The number of rotatable bonds is 4. The van der Waals surface area contributed by atoms with Gasteiger partial charge >= 0.3 is 6.18 Å². The minimum atomic E-state index is -4.36. The summed E-state index contributed by atoms with van der Waals surface area (Å²) in [6, 6.07) is 4.30. The van der Waals surface area contributed by atoms with Gasteiger partial charge in [-0.05, 0) is 30.5 Å². The summed E-state index contributed by atoms with van der Waals surface area (Å²) in [5.74, 6) is 0. The van der Waals surface area contributed by atoms with Crippen molar-refractivity contribution in [1.29, 1.82) is 0 Å². The predicted octanol–water partition coefficient (Wildman–Crippen LogP) is 2.82. The van der Waals surface area contributed by atoms with Gasteiger partial charge in [-0.1, -0.05) is 13.0 Å². The van der Waals surface area contributed by atoms with E-state index in [1.54, 1.807) is 12.1 Å². The van der Waals surface area contributed by atoms with Crippen LogP contribution in [0.25, 0.3) is 0 Å². The van der Waals surface area contributed by atoms with Crippen LogP contribution in [0.15, 0.2) is 18.2 Å². The van der Waals surface area contributed by atoms with E-state index in [9.17, 15) is 13.2 Å². The smallest absolute Gasteiger partial charge is 0.378 e. The van der Waals surface area contributed by atoms with Crippen LogP contribution in [0, 0.1) is 0 Å². The van der Waals surface area contributed by atoms with Crippen LogP contribution in [0.5, 0.6) is 0 Å². The number of nitrogens with zero attached hydrogens (tertiary/aromatic N) is 1. The fraction of sp³-hybridized carbons (Fsp3) is 0.600. The van der Waals surface area contributed by atoms with Crippen molar-refractivity contribution in [2.45, 2.75) is 32.0 Å². The summed E-state index contributed by atoms with van der Waals surface area (Å²) in [5.41, 5.74) is 6.10. The lowest BCUT2D eigenvalue weighted by atomic mass is 9.98. The van der Waals surface area contributed by atoms with E-state index in [-0.39, 0.29) is 18.0 Å². The summed E-state index contributed by atoms with van der Waals surface area (Å²) >= 11 is 0. The van der Waals surface area contributed by atoms with Crippen molar-refractivity contribution in [1.82, 2.24) is 0 Å². The predicted molar refractivity (Wildman–Crippen MR) is 76.4 cm³/mol. The van der Waals surface area contributed by atoms with Crippen LogP contribution in [-0.2, 0) is 17.3 Å². The first kappa shape index (κ1) is 16.1. The molecule has 0 aliphatic carbocycles. The minimum Gasteiger partial charge on any atom is -0.378 e. The SMILES string of the molecule is CCC(N)Cc1ccc(N2CCOCC2)cc1C(F)(F)F. The second-order valence-electron chi connectivity index (χ2n) is 5.31. The van der Waals surface area contributed by atoms with Crippen molar-refractivity contribution in [3.8, 4) is 0 Å². The minimum absolute atomic E-state index is 0.245. The summed E-state index contributed by atoms with van der Waals surface area (Å²) in [6.45, 7) is 4.20. The topological polar surface area (TPSA) is 38.5 Å². The molecule has 0 amide bonds. The van der Waals surface area contributed by atoms with E-state index < -0.39 is 11.7 Å². The Labute approximate surface area is 122 Å². The first-order valence-corrected chi connectivity index (χ1v) is 7.20. The maximum absolute atomic E-state index is 13.3. The van der Waals surface area contributed by atoms with Gasteiger partial charge in [0.2, 0.25) is 0 Å². The molecule has 118 valence electrons. The molecular weight excluding hydrogens is 281 g/mol. The molecule has 6 heteroatoms. The molecule has 0 aromatic heterocycles. The number of morpholine rings is 1. The average Bonchev–Trinajstić information content (AvgIpc) is 2.47. The quantitative estimate of drug-likeness (QED) is 0.929. The molecule has 1 atom stereocenters. The molecule has 1 saturated heterocycles. The molecule has 1 aliphatic heterocycles. The molecule has 1 heterocycles. The molecule has 0 radical (unpaired) electrons. The number of benzene rings is 1. The first-order chi connectivity index (χ1) is 9.91. The van der Waals surface area contributed by atoms with Crippen molar-refractivity contribution in [2.24, 2.45) is 5.73 Å². The third-order valence-electron chi connectivity index (χ3n) is 3.78. The molecule has 1 aromatic carbocycles. The van der Waals surface area contributed by atoms with Crippen LogP contribution in [0.3, 0.4) is 0 Å². The molecule has 2 rings (SSSR count). The Morgan fingerprint density at radius 2 is 1.95 bits per heavy atom. The van der Waals surface area contributed by atoms with E-state index in [0.717, 1.165) is 0 Å². The summed E-state index contributed by atoms with van der Waals surface area (Å²) in [7, 11) is 0. The maximum atomic E-state index is 13.3. The summed E-state index contributed by atoms with van der Waals surface area (Å²) < 4.78 is 45.0. The van der Waals surface area contributed by atoms with Crippen molar-refractivity contribution >= 4 is 5.69 Å². The molecular formula is C15H21F3N2O. The Morgan fingerprint density at radius 1 is 1.29 bits per heavy atom. The highest BCUT2D eigenvalue weighted by Crippen LogP contribution is 2.35. The van der Waals surface area contributed by atoms with Crippen LogP contribution in [-0.4, -0.2) is 32.3 Å². The van der Waals surface area contributed by atoms with Crippen molar-refractivity contribution in [2.75, 3.05) is 31.2 Å². The highest BCUT2D eigenvalue weighted by molar-refractivity contribution is 5.52. The van der Waals surface area contributed by atoms with Gasteiger partial charge in [-0.2, -0.15) is 13.2 Å². The highest BCUT2D eigenvalue weighted by atomic mass is 19.4. The fourth-order valence-electron chi connectivity index (χ4n) is 2.45.